The molecule has 1 amide bonds. The number of rotatable bonds is 4. The third-order valence-electron chi connectivity index (χ3n) is 7.38. The lowest BCUT2D eigenvalue weighted by molar-refractivity contribution is -0.137. The highest BCUT2D eigenvalue weighted by Crippen LogP contribution is 2.42. The fourth-order valence-corrected chi connectivity index (χ4v) is 5.53. The molecule has 0 spiro atoms. The van der Waals surface area contributed by atoms with Gasteiger partial charge in [0.05, 0.1) is 28.9 Å². The van der Waals surface area contributed by atoms with Gasteiger partial charge < -0.3 is 10.6 Å². The van der Waals surface area contributed by atoms with E-state index in [4.69, 9.17) is 0 Å². The SMILES string of the molecule is CC1(C)CC(c2ccccc2)Nc2c(C(=O)NC3(c4ccc(C(F)(F)F)cc4)CCCC3)cnn21. The summed E-state index contributed by atoms with van der Waals surface area (Å²) in [6, 6.07) is 15.3. The average molecular weight is 483 g/mol. The van der Waals surface area contributed by atoms with E-state index in [1.165, 1.54) is 12.1 Å². The Hall–Kier alpha value is -3.29. The number of nitrogens with one attached hydrogen (secondary N) is 2. The second-order valence-electron chi connectivity index (χ2n) is 10.3. The van der Waals surface area contributed by atoms with Crippen LogP contribution in [0.2, 0.25) is 0 Å². The van der Waals surface area contributed by atoms with Crippen molar-refractivity contribution in [2.24, 2.45) is 0 Å². The molecule has 1 fully saturated rings. The van der Waals surface area contributed by atoms with Gasteiger partial charge in [-0.3, -0.25) is 4.79 Å². The average Bonchev–Trinajstić information content (AvgIpc) is 3.47. The molecule has 2 aliphatic rings. The van der Waals surface area contributed by atoms with Crippen LogP contribution in [0.3, 0.4) is 0 Å². The van der Waals surface area contributed by atoms with E-state index in [9.17, 15) is 18.0 Å². The van der Waals surface area contributed by atoms with Crippen LogP contribution in [0.15, 0.2) is 60.8 Å². The normalized spacial score (nSPS) is 20.7. The zero-order valence-corrected chi connectivity index (χ0v) is 19.8. The van der Waals surface area contributed by atoms with Gasteiger partial charge in [0.1, 0.15) is 11.4 Å². The molecule has 1 atom stereocenters. The number of halogens is 3. The van der Waals surface area contributed by atoms with E-state index in [1.807, 2.05) is 22.9 Å². The van der Waals surface area contributed by atoms with Gasteiger partial charge in [0.2, 0.25) is 0 Å². The molecule has 184 valence electrons. The van der Waals surface area contributed by atoms with Crippen LogP contribution in [0.5, 0.6) is 0 Å². The molecule has 0 radical (unpaired) electrons. The summed E-state index contributed by atoms with van der Waals surface area (Å²) < 4.78 is 41.1. The molecule has 8 heteroatoms. The number of amides is 1. The molecule has 5 rings (SSSR count). The Labute approximate surface area is 202 Å². The Balaban J connectivity index is 1.45. The van der Waals surface area contributed by atoms with E-state index in [0.717, 1.165) is 37.0 Å². The molecule has 5 nitrogen and oxygen atoms in total. The Bertz CT molecular complexity index is 1210. The van der Waals surface area contributed by atoms with Gasteiger partial charge in [-0.15, -0.1) is 0 Å². The molecule has 2 heterocycles. The van der Waals surface area contributed by atoms with Crippen LogP contribution in [0.4, 0.5) is 19.0 Å². The molecular weight excluding hydrogens is 453 g/mol. The van der Waals surface area contributed by atoms with Crippen molar-refractivity contribution < 1.29 is 18.0 Å². The van der Waals surface area contributed by atoms with Crippen molar-refractivity contribution in [3.63, 3.8) is 0 Å². The summed E-state index contributed by atoms with van der Waals surface area (Å²) in [4.78, 5) is 13.6. The number of benzene rings is 2. The Morgan fingerprint density at radius 1 is 1.06 bits per heavy atom. The topological polar surface area (TPSA) is 59.0 Å². The predicted octanol–water partition coefficient (Wildman–Crippen LogP) is 6.39. The lowest BCUT2D eigenvalue weighted by Crippen LogP contribution is -2.44. The van der Waals surface area contributed by atoms with E-state index < -0.39 is 17.3 Å². The molecule has 1 aromatic heterocycles. The van der Waals surface area contributed by atoms with Crippen molar-refractivity contribution >= 4 is 11.7 Å². The third-order valence-corrected chi connectivity index (χ3v) is 7.38. The highest BCUT2D eigenvalue weighted by molar-refractivity contribution is 5.99. The lowest BCUT2D eigenvalue weighted by atomic mass is 9.87. The first-order valence-corrected chi connectivity index (χ1v) is 12.0. The summed E-state index contributed by atoms with van der Waals surface area (Å²) in [6.07, 6.45) is 1.15. The number of carbonyl (C=O) groups excluding carboxylic acids is 1. The predicted molar refractivity (Wildman–Crippen MR) is 128 cm³/mol. The van der Waals surface area contributed by atoms with Crippen molar-refractivity contribution in [3.8, 4) is 0 Å². The van der Waals surface area contributed by atoms with Gasteiger partial charge in [-0.2, -0.15) is 18.3 Å². The minimum absolute atomic E-state index is 0.0253. The summed E-state index contributed by atoms with van der Waals surface area (Å²) in [6.45, 7) is 4.20. The number of carbonyl (C=O) groups is 1. The zero-order valence-electron chi connectivity index (χ0n) is 19.8. The van der Waals surface area contributed by atoms with Crippen molar-refractivity contribution in [3.05, 3.63) is 83.0 Å². The molecule has 1 aliphatic carbocycles. The molecule has 1 saturated carbocycles. The summed E-state index contributed by atoms with van der Waals surface area (Å²) in [5.41, 5.74) is 0.586. The molecule has 2 N–H and O–H groups in total. The maximum absolute atomic E-state index is 13.6. The second kappa shape index (κ2) is 8.43. The Morgan fingerprint density at radius 2 is 1.71 bits per heavy atom. The minimum Gasteiger partial charge on any atom is -0.363 e. The maximum Gasteiger partial charge on any atom is 0.416 e. The number of hydrogen-bond donors (Lipinski definition) is 2. The Morgan fingerprint density at radius 3 is 2.34 bits per heavy atom. The van der Waals surface area contributed by atoms with Crippen LogP contribution in [0, 0.1) is 0 Å². The minimum atomic E-state index is -4.39. The van der Waals surface area contributed by atoms with E-state index in [2.05, 4.69) is 41.7 Å². The molecule has 3 aromatic rings. The standard InChI is InChI=1S/C27H29F3N4O/c1-25(2)16-22(18-8-4-3-5-9-18)32-23-21(17-31-34(23)25)24(35)33-26(14-6-7-15-26)19-10-12-20(13-11-19)27(28,29)30/h3-5,8-13,17,22,32H,6-7,14-16H2,1-2H3,(H,33,35). The molecule has 35 heavy (non-hydrogen) atoms. The van der Waals surface area contributed by atoms with Crippen LogP contribution < -0.4 is 10.6 Å². The number of alkyl halides is 3. The summed E-state index contributed by atoms with van der Waals surface area (Å²) in [5, 5.41) is 11.2. The first-order valence-electron chi connectivity index (χ1n) is 12.0. The number of nitrogens with zero attached hydrogens (tertiary/aromatic N) is 2. The number of fused-ring (bicyclic) bond motifs is 1. The summed E-state index contributed by atoms with van der Waals surface area (Å²) >= 11 is 0. The molecule has 1 aliphatic heterocycles. The van der Waals surface area contributed by atoms with Gasteiger partial charge in [-0.05, 0) is 56.4 Å². The summed E-state index contributed by atoms with van der Waals surface area (Å²) in [5.74, 6) is 0.387. The zero-order chi connectivity index (χ0) is 24.8. The summed E-state index contributed by atoms with van der Waals surface area (Å²) in [7, 11) is 0. The Kier molecular flexibility index (Phi) is 5.65. The lowest BCUT2D eigenvalue weighted by Gasteiger charge is -2.38. The van der Waals surface area contributed by atoms with Gasteiger partial charge in [0.25, 0.3) is 5.91 Å². The number of anilines is 1. The molecule has 2 aromatic carbocycles. The monoisotopic (exact) mass is 482 g/mol. The van der Waals surface area contributed by atoms with E-state index in [-0.39, 0.29) is 17.5 Å². The first-order chi connectivity index (χ1) is 16.6. The van der Waals surface area contributed by atoms with E-state index >= 15 is 0 Å². The maximum atomic E-state index is 13.6. The van der Waals surface area contributed by atoms with Crippen molar-refractivity contribution in [2.75, 3.05) is 5.32 Å². The second-order valence-corrected chi connectivity index (χ2v) is 10.3. The van der Waals surface area contributed by atoms with Gasteiger partial charge in [0.15, 0.2) is 0 Å². The fourth-order valence-electron chi connectivity index (χ4n) is 5.53. The van der Waals surface area contributed by atoms with Crippen molar-refractivity contribution in [2.45, 2.75) is 69.2 Å². The van der Waals surface area contributed by atoms with Gasteiger partial charge >= 0.3 is 6.18 Å². The van der Waals surface area contributed by atoms with Crippen LogP contribution >= 0.6 is 0 Å². The van der Waals surface area contributed by atoms with Crippen molar-refractivity contribution in [1.29, 1.82) is 0 Å². The highest BCUT2D eigenvalue weighted by atomic mass is 19.4. The van der Waals surface area contributed by atoms with Crippen LogP contribution in [-0.4, -0.2) is 15.7 Å². The van der Waals surface area contributed by atoms with Gasteiger partial charge in [-0.1, -0.05) is 55.3 Å². The van der Waals surface area contributed by atoms with Crippen LogP contribution in [0.25, 0.3) is 0 Å². The third kappa shape index (κ3) is 4.30. The molecule has 1 unspecified atom stereocenters. The number of aromatic nitrogens is 2. The molecule has 0 bridgehead atoms. The van der Waals surface area contributed by atoms with Crippen LogP contribution in [0.1, 0.15) is 79.0 Å². The van der Waals surface area contributed by atoms with Crippen LogP contribution in [-0.2, 0) is 17.3 Å². The van der Waals surface area contributed by atoms with Gasteiger partial charge in [-0.25, -0.2) is 4.68 Å². The smallest absolute Gasteiger partial charge is 0.363 e. The quantitative estimate of drug-likeness (QED) is 0.453. The number of hydrogen-bond acceptors (Lipinski definition) is 3. The van der Waals surface area contributed by atoms with E-state index in [1.54, 1.807) is 6.20 Å². The largest absolute Gasteiger partial charge is 0.416 e. The van der Waals surface area contributed by atoms with Crippen molar-refractivity contribution in [1.82, 2.24) is 15.1 Å². The fraction of sp³-hybridized carbons (Fsp3) is 0.407. The molecular formula is C27H29F3N4O. The highest BCUT2D eigenvalue weighted by Gasteiger charge is 2.41. The molecule has 0 saturated heterocycles. The van der Waals surface area contributed by atoms with Gasteiger partial charge in [0, 0.05) is 0 Å². The van der Waals surface area contributed by atoms with E-state index in [0.29, 0.717) is 29.8 Å². The first kappa shape index (κ1) is 23.5.